The van der Waals surface area contributed by atoms with Gasteiger partial charge in [0, 0.05) is 12.2 Å². The minimum Gasteiger partial charge on any atom is -0.384 e. The van der Waals surface area contributed by atoms with Gasteiger partial charge >= 0.3 is 0 Å². The molecule has 1 heterocycles. The summed E-state index contributed by atoms with van der Waals surface area (Å²) in [5, 5.41) is 6.95. The van der Waals surface area contributed by atoms with Gasteiger partial charge in [0.15, 0.2) is 0 Å². The van der Waals surface area contributed by atoms with E-state index >= 15 is 0 Å². The third kappa shape index (κ3) is 5.82. The van der Waals surface area contributed by atoms with E-state index in [1.54, 1.807) is 0 Å². The Kier molecular flexibility index (Phi) is 7.56. The van der Waals surface area contributed by atoms with E-state index in [2.05, 4.69) is 107 Å². The number of anilines is 1. The van der Waals surface area contributed by atoms with Crippen LogP contribution in [-0.4, -0.2) is 18.5 Å². The number of hydrogen-bond donors (Lipinski definition) is 3. The molecule has 0 aromatic heterocycles. The van der Waals surface area contributed by atoms with E-state index in [1.165, 1.54) is 44.5 Å². The molecule has 0 radical (unpaired) electrons. The quantitative estimate of drug-likeness (QED) is 0.400. The van der Waals surface area contributed by atoms with E-state index in [0.717, 1.165) is 25.1 Å². The minimum absolute atomic E-state index is 0.0213. The summed E-state index contributed by atoms with van der Waals surface area (Å²) in [6, 6.07) is 18.8. The number of nitrogens with two attached hydrogens (primary N) is 1. The second-order valence-corrected chi connectivity index (χ2v) is 11.5. The van der Waals surface area contributed by atoms with Crippen LogP contribution in [0.25, 0.3) is 0 Å². The molecular formula is C32H41N3O. The Morgan fingerprint density at radius 2 is 1.69 bits per heavy atom. The summed E-state index contributed by atoms with van der Waals surface area (Å²) in [6.45, 7) is 13.9. The maximum absolute atomic E-state index is 13.3. The van der Waals surface area contributed by atoms with Crippen molar-refractivity contribution in [3.63, 3.8) is 0 Å². The summed E-state index contributed by atoms with van der Waals surface area (Å²) >= 11 is 0. The number of hydrogen-bond acceptors (Lipinski definition) is 3. The number of amides is 1. The van der Waals surface area contributed by atoms with Gasteiger partial charge in [-0.2, -0.15) is 0 Å². The molecule has 36 heavy (non-hydrogen) atoms. The van der Waals surface area contributed by atoms with Crippen molar-refractivity contribution in [2.75, 3.05) is 11.9 Å². The molecule has 0 saturated carbocycles. The molecule has 1 aliphatic heterocycles. The van der Waals surface area contributed by atoms with Crippen molar-refractivity contribution in [3.05, 3.63) is 99.1 Å². The van der Waals surface area contributed by atoms with Gasteiger partial charge in [0.05, 0.1) is 12.1 Å². The van der Waals surface area contributed by atoms with Gasteiger partial charge in [0.25, 0.3) is 0 Å². The monoisotopic (exact) mass is 483 g/mol. The SMILES string of the molecule is Cc1cc(C)c(CC(N)C(=O)NC2CCNc3c2cc(Cc2ccccc2)cc3C(C)(C)C)c(C)c1. The smallest absolute Gasteiger partial charge is 0.237 e. The highest BCUT2D eigenvalue weighted by atomic mass is 16.2. The van der Waals surface area contributed by atoms with E-state index in [0.29, 0.717) is 6.42 Å². The van der Waals surface area contributed by atoms with Crippen molar-refractivity contribution in [2.24, 2.45) is 5.73 Å². The molecule has 4 rings (SSSR count). The molecule has 0 saturated heterocycles. The molecule has 0 aliphatic carbocycles. The summed E-state index contributed by atoms with van der Waals surface area (Å²) in [5.74, 6) is -0.0852. The van der Waals surface area contributed by atoms with Crippen LogP contribution in [0.2, 0.25) is 0 Å². The zero-order chi connectivity index (χ0) is 26.0. The van der Waals surface area contributed by atoms with Crippen LogP contribution in [0.4, 0.5) is 5.69 Å². The van der Waals surface area contributed by atoms with E-state index in [1.807, 2.05) is 0 Å². The third-order valence-corrected chi connectivity index (χ3v) is 7.32. The fraction of sp³-hybridized carbons (Fsp3) is 0.406. The Labute approximate surface area is 216 Å². The van der Waals surface area contributed by atoms with Crippen molar-refractivity contribution < 1.29 is 4.79 Å². The summed E-state index contributed by atoms with van der Waals surface area (Å²) < 4.78 is 0. The van der Waals surface area contributed by atoms with Crippen LogP contribution in [0.3, 0.4) is 0 Å². The fourth-order valence-corrected chi connectivity index (χ4v) is 5.49. The number of aryl methyl sites for hydroxylation is 3. The maximum atomic E-state index is 13.3. The number of fused-ring (bicyclic) bond motifs is 1. The Hall–Kier alpha value is -3.11. The molecule has 2 unspecified atom stereocenters. The number of carbonyl (C=O) groups is 1. The van der Waals surface area contributed by atoms with Crippen LogP contribution < -0.4 is 16.4 Å². The maximum Gasteiger partial charge on any atom is 0.237 e. The molecule has 0 bridgehead atoms. The Morgan fingerprint density at radius 3 is 2.33 bits per heavy atom. The molecule has 4 nitrogen and oxygen atoms in total. The lowest BCUT2D eigenvalue weighted by atomic mass is 9.80. The minimum atomic E-state index is -0.585. The highest BCUT2D eigenvalue weighted by Gasteiger charge is 2.30. The summed E-state index contributed by atoms with van der Waals surface area (Å²) in [6.07, 6.45) is 2.25. The predicted octanol–water partition coefficient (Wildman–Crippen LogP) is 6.04. The van der Waals surface area contributed by atoms with Gasteiger partial charge in [-0.3, -0.25) is 4.79 Å². The van der Waals surface area contributed by atoms with E-state index in [4.69, 9.17) is 5.73 Å². The van der Waals surface area contributed by atoms with Crippen LogP contribution >= 0.6 is 0 Å². The van der Waals surface area contributed by atoms with E-state index < -0.39 is 6.04 Å². The lowest BCUT2D eigenvalue weighted by molar-refractivity contribution is -0.123. The molecule has 0 fully saturated rings. The molecule has 1 aliphatic rings. The lowest BCUT2D eigenvalue weighted by Gasteiger charge is -2.34. The van der Waals surface area contributed by atoms with Crippen LogP contribution in [0.15, 0.2) is 54.6 Å². The van der Waals surface area contributed by atoms with Crippen LogP contribution in [0, 0.1) is 20.8 Å². The van der Waals surface area contributed by atoms with Gasteiger partial charge in [-0.25, -0.2) is 0 Å². The van der Waals surface area contributed by atoms with Gasteiger partial charge in [-0.1, -0.05) is 80.9 Å². The first-order chi connectivity index (χ1) is 17.0. The van der Waals surface area contributed by atoms with Crippen molar-refractivity contribution in [3.8, 4) is 0 Å². The van der Waals surface area contributed by atoms with Gasteiger partial charge in [0.2, 0.25) is 5.91 Å². The topological polar surface area (TPSA) is 67.2 Å². The highest BCUT2D eigenvalue weighted by molar-refractivity contribution is 5.83. The van der Waals surface area contributed by atoms with Crippen molar-refractivity contribution in [1.29, 1.82) is 0 Å². The number of benzene rings is 3. The normalized spacial score (nSPS) is 16.1. The average Bonchev–Trinajstić information content (AvgIpc) is 2.81. The molecular weight excluding hydrogens is 442 g/mol. The van der Waals surface area contributed by atoms with Crippen molar-refractivity contribution in [2.45, 2.75) is 78.3 Å². The Balaban J connectivity index is 1.60. The zero-order valence-electron chi connectivity index (χ0n) is 22.7. The van der Waals surface area contributed by atoms with Crippen LogP contribution in [0.5, 0.6) is 0 Å². The molecule has 190 valence electrons. The van der Waals surface area contributed by atoms with Crippen LogP contribution in [0.1, 0.15) is 77.7 Å². The first-order valence-electron chi connectivity index (χ1n) is 13.1. The molecule has 3 aromatic carbocycles. The molecule has 3 aromatic rings. The first-order valence-corrected chi connectivity index (χ1v) is 13.1. The summed E-state index contributed by atoms with van der Waals surface area (Å²) in [4.78, 5) is 13.3. The highest BCUT2D eigenvalue weighted by Crippen LogP contribution is 2.40. The van der Waals surface area contributed by atoms with Crippen molar-refractivity contribution in [1.82, 2.24) is 5.32 Å². The van der Waals surface area contributed by atoms with Crippen LogP contribution in [-0.2, 0) is 23.1 Å². The fourth-order valence-electron chi connectivity index (χ4n) is 5.49. The molecule has 0 spiro atoms. The zero-order valence-corrected chi connectivity index (χ0v) is 22.7. The second kappa shape index (κ2) is 10.5. The number of rotatable bonds is 6. The molecule has 2 atom stereocenters. The standard InChI is InChI=1S/C32H41N3O/c1-20-14-21(2)25(22(3)15-20)19-28(33)31(36)35-29-12-13-34-30-26(29)17-24(18-27(30)32(4,5)6)16-23-10-8-7-9-11-23/h7-11,14-15,17-18,28-29,34H,12-13,16,19,33H2,1-6H3,(H,35,36). The number of nitrogens with one attached hydrogen (secondary N) is 2. The van der Waals surface area contributed by atoms with Gasteiger partial charge in [0.1, 0.15) is 0 Å². The third-order valence-electron chi connectivity index (χ3n) is 7.32. The molecule has 4 N–H and O–H groups in total. The lowest BCUT2D eigenvalue weighted by Crippen LogP contribution is -2.45. The molecule has 1 amide bonds. The van der Waals surface area contributed by atoms with Gasteiger partial charge in [-0.15, -0.1) is 0 Å². The molecule has 4 heteroatoms. The first kappa shape index (κ1) is 26.0. The summed E-state index contributed by atoms with van der Waals surface area (Å²) in [7, 11) is 0. The summed E-state index contributed by atoms with van der Waals surface area (Å²) in [5.41, 5.74) is 17.4. The van der Waals surface area contributed by atoms with Gasteiger partial charge in [-0.05, 0) is 84.4 Å². The predicted molar refractivity (Wildman–Crippen MR) is 151 cm³/mol. The Bertz CT molecular complexity index is 1220. The average molecular weight is 484 g/mol. The van der Waals surface area contributed by atoms with E-state index in [-0.39, 0.29) is 17.4 Å². The second-order valence-electron chi connectivity index (χ2n) is 11.5. The Morgan fingerprint density at radius 1 is 1.03 bits per heavy atom. The van der Waals surface area contributed by atoms with Gasteiger partial charge < -0.3 is 16.4 Å². The van der Waals surface area contributed by atoms with Crippen molar-refractivity contribution >= 4 is 11.6 Å². The largest absolute Gasteiger partial charge is 0.384 e. The van der Waals surface area contributed by atoms with E-state index in [9.17, 15) is 4.79 Å². The number of carbonyl (C=O) groups excluding carboxylic acids is 1.